The number of nitrogens with zero attached hydrogens (tertiary/aromatic N) is 1. The number of hydrogen-bond acceptors (Lipinski definition) is 3. The van der Waals surface area contributed by atoms with Crippen molar-refractivity contribution in [2.75, 3.05) is 27.2 Å². The molecule has 0 radical (unpaired) electrons. The summed E-state index contributed by atoms with van der Waals surface area (Å²) in [6.07, 6.45) is 1.24. The Bertz CT molecular complexity index is 381. The number of likely N-dealkylation sites (N-methyl/N-ethyl adjacent to an activating group) is 1. The lowest BCUT2D eigenvalue weighted by Gasteiger charge is -2.28. The van der Waals surface area contributed by atoms with E-state index in [1.165, 1.54) is 12.0 Å². The van der Waals surface area contributed by atoms with Crippen molar-refractivity contribution in [1.82, 2.24) is 10.2 Å². The fourth-order valence-corrected chi connectivity index (χ4v) is 2.87. The lowest BCUT2D eigenvalue weighted by molar-refractivity contribution is 0.199. The Hall–Kier alpha value is -1.06. The van der Waals surface area contributed by atoms with Crippen molar-refractivity contribution >= 4 is 0 Å². The summed E-state index contributed by atoms with van der Waals surface area (Å²) in [6, 6.07) is 8.93. The Morgan fingerprint density at radius 3 is 2.83 bits per heavy atom. The third kappa shape index (κ3) is 2.85. The van der Waals surface area contributed by atoms with Crippen LogP contribution in [-0.2, 0) is 6.54 Å². The maximum atomic E-state index is 5.42. The summed E-state index contributed by atoms with van der Waals surface area (Å²) in [4.78, 5) is 2.45. The molecule has 1 N–H and O–H groups in total. The summed E-state index contributed by atoms with van der Waals surface area (Å²) in [5, 5.41) is 3.50. The van der Waals surface area contributed by atoms with Crippen LogP contribution in [0.1, 0.15) is 18.9 Å². The number of rotatable bonds is 5. The fourth-order valence-electron chi connectivity index (χ4n) is 2.87. The molecule has 1 heterocycles. The molecule has 2 rings (SSSR count). The molecule has 1 aromatic rings. The second-order valence-corrected chi connectivity index (χ2v) is 5.12. The molecule has 2 atom stereocenters. The first kappa shape index (κ1) is 13.4. The molecule has 3 heteroatoms. The SMILES string of the molecule is CCC1CNCC1N(C)Cc1ccccc1OC. The molecular weight excluding hydrogens is 224 g/mol. The van der Waals surface area contributed by atoms with Crippen LogP contribution in [0.5, 0.6) is 5.75 Å². The van der Waals surface area contributed by atoms with Crippen LogP contribution in [0.25, 0.3) is 0 Å². The molecule has 0 aromatic heterocycles. The van der Waals surface area contributed by atoms with Crippen molar-refractivity contribution in [3.63, 3.8) is 0 Å². The van der Waals surface area contributed by atoms with Gasteiger partial charge in [0.05, 0.1) is 7.11 Å². The molecule has 0 spiro atoms. The van der Waals surface area contributed by atoms with Crippen molar-refractivity contribution in [3.05, 3.63) is 29.8 Å². The largest absolute Gasteiger partial charge is 0.496 e. The topological polar surface area (TPSA) is 24.5 Å². The Morgan fingerprint density at radius 2 is 2.11 bits per heavy atom. The van der Waals surface area contributed by atoms with E-state index in [0.717, 1.165) is 31.3 Å². The predicted octanol–water partition coefficient (Wildman–Crippen LogP) is 2.12. The number of methoxy groups -OCH3 is 1. The second-order valence-electron chi connectivity index (χ2n) is 5.12. The Morgan fingerprint density at radius 1 is 1.33 bits per heavy atom. The molecule has 1 aliphatic rings. The van der Waals surface area contributed by atoms with Gasteiger partial charge in [-0.25, -0.2) is 0 Å². The van der Waals surface area contributed by atoms with Gasteiger partial charge in [0.25, 0.3) is 0 Å². The van der Waals surface area contributed by atoms with Crippen LogP contribution in [0.2, 0.25) is 0 Å². The average molecular weight is 248 g/mol. The Labute approximate surface area is 110 Å². The summed E-state index contributed by atoms with van der Waals surface area (Å²) in [5.74, 6) is 1.76. The van der Waals surface area contributed by atoms with Crippen molar-refractivity contribution < 1.29 is 4.74 Å². The molecule has 1 aromatic carbocycles. The first-order chi connectivity index (χ1) is 8.76. The van der Waals surface area contributed by atoms with Gasteiger partial charge in [-0.2, -0.15) is 0 Å². The molecule has 1 fully saturated rings. The highest BCUT2D eigenvalue weighted by molar-refractivity contribution is 5.33. The van der Waals surface area contributed by atoms with Gasteiger partial charge in [-0.15, -0.1) is 0 Å². The smallest absolute Gasteiger partial charge is 0.123 e. The molecule has 18 heavy (non-hydrogen) atoms. The van der Waals surface area contributed by atoms with Gasteiger partial charge in [-0.3, -0.25) is 4.90 Å². The van der Waals surface area contributed by atoms with Crippen LogP contribution >= 0.6 is 0 Å². The van der Waals surface area contributed by atoms with Crippen molar-refractivity contribution in [2.24, 2.45) is 5.92 Å². The van der Waals surface area contributed by atoms with Crippen LogP contribution < -0.4 is 10.1 Å². The standard InChI is InChI=1S/C15H24N2O/c1-4-12-9-16-10-14(12)17(2)11-13-7-5-6-8-15(13)18-3/h5-8,12,14,16H,4,9-11H2,1-3H3. The van der Waals surface area contributed by atoms with E-state index in [9.17, 15) is 0 Å². The highest BCUT2D eigenvalue weighted by Gasteiger charge is 2.28. The number of hydrogen-bond donors (Lipinski definition) is 1. The molecule has 1 saturated heterocycles. The van der Waals surface area contributed by atoms with Crippen LogP contribution in [0.4, 0.5) is 0 Å². The average Bonchev–Trinajstić information content (AvgIpc) is 2.87. The maximum Gasteiger partial charge on any atom is 0.123 e. The van der Waals surface area contributed by atoms with Gasteiger partial charge in [0, 0.05) is 24.7 Å². The predicted molar refractivity (Wildman–Crippen MR) is 74.9 cm³/mol. The first-order valence-corrected chi connectivity index (χ1v) is 6.79. The summed E-state index contributed by atoms with van der Waals surface area (Å²) in [7, 11) is 3.96. The molecule has 0 aliphatic carbocycles. The van der Waals surface area contributed by atoms with Crippen LogP contribution in [0, 0.1) is 5.92 Å². The van der Waals surface area contributed by atoms with Gasteiger partial charge >= 0.3 is 0 Å². The minimum atomic E-state index is 0.639. The molecule has 0 amide bonds. The van der Waals surface area contributed by atoms with E-state index in [-0.39, 0.29) is 0 Å². The number of para-hydroxylation sites is 1. The van der Waals surface area contributed by atoms with E-state index < -0.39 is 0 Å². The third-order valence-electron chi connectivity index (χ3n) is 4.01. The van der Waals surface area contributed by atoms with Gasteiger partial charge in [-0.05, 0) is 25.6 Å². The van der Waals surface area contributed by atoms with Gasteiger partial charge in [0.2, 0.25) is 0 Å². The molecule has 3 nitrogen and oxygen atoms in total. The lowest BCUT2D eigenvalue weighted by atomic mass is 9.99. The second kappa shape index (κ2) is 6.21. The van der Waals surface area contributed by atoms with Gasteiger partial charge < -0.3 is 10.1 Å². The Balaban J connectivity index is 2.04. The molecule has 2 unspecified atom stereocenters. The highest BCUT2D eigenvalue weighted by Crippen LogP contribution is 2.23. The monoisotopic (exact) mass is 248 g/mol. The van der Waals surface area contributed by atoms with Crippen LogP contribution in [-0.4, -0.2) is 38.2 Å². The number of ether oxygens (including phenoxy) is 1. The van der Waals surface area contributed by atoms with Crippen molar-refractivity contribution in [1.29, 1.82) is 0 Å². The van der Waals surface area contributed by atoms with E-state index >= 15 is 0 Å². The normalized spacial score (nSPS) is 23.6. The summed E-state index contributed by atoms with van der Waals surface area (Å²) in [5.41, 5.74) is 1.27. The fraction of sp³-hybridized carbons (Fsp3) is 0.600. The van der Waals surface area contributed by atoms with Gasteiger partial charge in [-0.1, -0.05) is 31.5 Å². The van der Waals surface area contributed by atoms with E-state index in [0.29, 0.717) is 6.04 Å². The summed E-state index contributed by atoms with van der Waals surface area (Å²) >= 11 is 0. The zero-order chi connectivity index (χ0) is 13.0. The molecule has 0 bridgehead atoms. The van der Waals surface area contributed by atoms with E-state index in [1.54, 1.807) is 7.11 Å². The zero-order valence-electron chi connectivity index (χ0n) is 11.6. The minimum absolute atomic E-state index is 0.639. The van der Waals surface area contributed by atoms with Gasteiger partial charge in [0.1, 0.15) is 5.75 Å². The molecule has 0 saturated carbocycles. The molecular formula is C15H24N2O. The van der Waals surface area contributed by atoms with Crippen molar-refractivity contribution in [2.45, 2.75) is 25.9 Å². The quantitative estimate of drug-likeness (QED) is 0.864. The minimum Gasteiger partial charge on any atom is -0.496 e. The Kier molecular flexibility index (Phi) is 4.61. The maximum absolute atomic E-state index is 5.42. The molecule has 1 aliphatic heterocycles. The highest BCUT2D eigenvalue weighted by atomic mass is 16.5. The zero-order valence-corrected chi connectivity index (χ0v) is 11.6. The van der Waals surface area contributed by atoms with Crippen LogP contribution in [0.15, 0.2) is 24.3 Å². The number of benzene rings is 1. The van der Waals surface area contributed by atoms with Crippen LogP contribution in [0.3, 0.4) is 0 Å². The molecule has 100 valence electrons. The number of nitrogens with one attached hydrogen (secondary N) is 1. The van der Waals surface area contributed by atoms with Gasteiger partial charge in [0.15, 0.2) is 0 Å². The summed E-state index contributed by atoms with van der Waals surface area (Å²) < 4.78 is 5.42. The summed E-state index contributed by atoms with van der Waals surface area (Å²) in [6.45, 7) is 5.48. The third-order valence-corrected chi connectivity index (χ3v) is 4.01. The van der Waals surface area contributed by atoms with E-state index in [2.05, 4.69) is 36.3 Å². The van der Waals surface area contributed by atoms with Crippen molar-refractivity contribution in [3.8, 4) is 5.75 Å². The van der Waals surface area contributed by atoms with E-state index in [4.69, 9.17) is 4.74 Å². The lowest BCUT2D eigenvalue weighted by Crippen LogP contribution is -2.37. The first-order valence-electron chi connectivity index (χ1n) is 6.79. The van der Waals surface area contributed by atoms with E-state index in [1.807, 2.05) is 12.1 Å².